The maximum atomic E-state index is 13.1. The highest BCUT2D eigenvalue weighted by Crippen LogP contribution is 2.36. The summed E-state index contributed by atoms with van der Waals surface area (Å²) in [5.74, 6) is -0.794. The van der Waals surface area contributed by atoms with Crippen molar-refractivity contribution in [2.45, 2.75) is 38.4 Å². The monoisotopic (exact) mass is 315 g/mol. The third-order valence-electron chi connectivity index (χ3n) is 4.18. The van der Waals surface area contributed by atoms with Crippen LogP contribution in [0.5, 0.6) is 0 Å². The molecular formula is C16H20F3NO2. The number of hydrogen-bond donors (Lipinski definition) is 1. The second-order valence-corrected chi connectivity index (χ2v) is 5.73. The summed E-state index contributed by atoms with van der Waals surface area (Å²) in [6.45, 7) is 4.36. The number of nitrogens with one attached hydrogen (secondary N) is 1. The van der Waals surface area contributed by atoms with E-state index in [1.54, 1.807) is 19.9 Å². The first-order valence-corrected chi connectivity index (χ1v) is 7.35. The van der Waals surface area contributed by atoms with Gasteiger partial charge < -0.3 is 10.1 Å². The molecule has 0 saturated carbocycles. The van der Waals surface area contributed by atoms with Crippen LogP contribution in [0.15, 0.2) is 24.3 Å². The number of amides is 1. The lowest BCUT2D eigenvalue weighted by Crippen LogP contribution is -2.40. The molecule has 0 radical (unpaired) electrons. The van der Waals surface area contributed by atoms with Crippen LogP contribution in [0.3, 0.4) is 0 Å². The number of ether oxygens (including phenoxy) is 1. The van der Waals surface area contributed by atoms with Crippen LogP contribution < -0.4 is 5.32 Å². The number of alkyl halides is 3. The van der Waals surface area contributed by atoms with Crippen LogP contribution in [0.1, 0.15) is 37.3 Å². The highest BCUT2D eigenvalue weighted by Gasteiger charge is 2.35. The second kappa shape index (κ2) is 6.69. The van der Waals surface area contributed by atoms with E-state index in [1.165, 1.54) is 12.1 Å². The number of halogens is 3. The molecular weight excluding hydrogens is 295 g/mol. The van der Waals surface area contributed by atoms with Crippen molar-refractivity contribution >= 4 is 5.91 Å². The third kappa shape index (κ3) is 3.80. The molecule has 3 atom stereocenters. The Morgan fingerprint density at radius 3 is 2.59 bits per heavy atom. The van der Waals surface area contributed by atoms with Crippen molar-refractivity contribution in [2.75, 3.05) is 13.2 Å². The molecule has 1 fully saturated rings. The van der Waals surface area contributed by atoms with Gasteiger partial charge in [-0.05, 0) is 25.0 Å². The van der Waals surface area contributed by atoms with Crippen LogP contribution in [0.4, 0.5) is 13.2 Å². The standard InChI is InChI=1S/C16H20F3NO2/c1-10(11(2)20-15(21)12-7-8-22-9-12)13-5-3-4-6-14(13)16(17,18)19/h3-6,10-12H,7-9H2,1-2H3,(H,20,21)/t10-,11-,12-/m0/s1. The maximum absolute atomic E-state index is 13.1. The molecule has 1 saturated heterocycles. The molecule has 0 aliphatic carbocycles. The van der Waals surface area contributed by atoms with Crippen molar-refractivity contribution in [2.24, 2.45) is 5.92 Å². The van der Waals surface area contributed by atoms with Gasteiger partial charge in [-0.1, -0.05) is 25.1 Å². The van der Waals surface area contributed by atoms with E-state index in [9.17, 15) is 18.0 Å². The van der Waals surface area contributed by atoms with Crippen LogP contribution in [0.2, 0.25) is 0 Å². The first-order valence-electron chi connectivity index (χ1n) is 7.35. The fourth-order valence-corrected chi connectivity index (χ4v) is 2.63. The normalized spacial score (nSPS) is 21.4. The molecule has 0 aromatic heterocycles. The van der Waals surface area contributed by atoms with Gasteiger partial charge in [0.05, 0.1) is 18.1 Å². The Balaban J connectivity index is 2.10. The van der Waals surface area contributed by atoms with E-state index in [4.69, 9.17) is 4.74 Å². The fourth-order valence-electron chi connectivity index (χ4n) is 2.63. The summed E-state index contributed by atoms with van der Waals surface area (Å²) >= 11 is 0. The Morgan fingerprint density at radius 1 is 1.32 bits per heavy atom. The van der Waals surface area contributed by atoms with Crippen molar-refractivity contribution in [1.82, 2.24) is 5.32 Å². The lowest BCUT2D eigenvalue weighted by molar-refractivity contribution is -0.138. The molecule has 1 aromatic carbocycles. The first-order chi connectivity index (χ1) is 10.3. The Labute approximate surface area is 127 Å². The lowest BCUT2D eigenvalue weighted by atomic mass is 9.90. The summed E-state index contributed by atoms with van der Waals surface area (Å²) in [4.78, 5) is 12.1. The average Bonchev–Trinajstić information content (AvgIpc) is 2.99. The fraction of sp³-hybridized carbons (Fsp3) is 0.562. The van der Waals surface area contributed by atoms with Crippen molar-refractivity contribution in [1.29, 1.82) is 0 Å². The molecule has 1 aromatic rings. The maximum Gasteiger partial charge on any atom is 0.416 e. The van der Waals surface area contributed by atoms with Gasteiger partial charge in [0.15, 0.2) is 0 Å². The van der Waals surface area contributed by atoms with Gasteiger partial charge in [0, 0.05) is 18.6 Å². The van der Waals surface area contributed by atoms with Crippen molar-refractivity contribution in [3.8, 4) is 0 Å². The Hall–Kier alpha value is -1.56. The van der Waals surface area contributed by atoms with Gasteiger partial charge in [-0.2, -0.15) is 13.2 Å². The Bertz CT molecular complexity index is 524. The highest BCUT2D eigenvalue weighted by molar-refractivity contribution is 5.79. The highest BCUT2D eigenvalue weighted by atomic mass is 19.4. The zero-order valence-electron chi connectivity index (χ0n) is 12.6. The Kier molecular flexibility index (Phi) is 5.11. The second-order valence-electron chi connectivity index (χ2n) is 5.73. The van der Waals surface area contributed by atoms with E-state index in [2.05, 4.69) is 5.32 Å². The SMILES string of the molecule is C[C@H](NC(=O)[C@H]1CCOC1)[C@H](C)c1ccccc1C(F)(F)F. The minimum atomic E-state index is -4.39. The minimum absolute atomic E-state index is 0.152. The van der Waals surface area contributed by atoms with Crippen molar-refractivity contribution < 1.29 is 22.7 Å². The number of carbonyl (C=O) groups excluding carboxylic acids is 1. The predicted molar refractivity (Wildman–Crippen MR) is 76.4 cm³/mol. The minimum Gasteiger partial charge on any atom is -0.381 e. The van der Waals surface area contributed by atoms with Gasteiger partial charge in [-0.3, -0.25) is 4.79 Å². The van der Waals surface area contributed by atoms with E-state index in [1.807, 2.05) is 0 Å². The molecule has 1 amide bonds. The molecule has 3 nitrogen and oxygen atoms in total. The lowest BCUT2D eigenvalue weighted by Gasteiger charge is -2.25. The summed E-state index contributed by atoms with van der Waals surface area (Å²) < 4.78 is 44.4. The summed E-state index contributed by atoms with van der Waals surface area (Å²) in [6, 6.07) is 5.11. The van der Waals surface area contributed by atoms with E-state index in [0.717, 1.165) is 6.07 Å². The zero-order valence-corrected chi connectivity index (χ0v) is 12.6. The van der Waals surface area contributed by atoms with E-state index in [-0.39, 0.29) is 17.4 Å². The third-order valence-corrected chi connectivity index (χ3v) is 4.18. The quantitative estimate of drug-likeness (QED) is 0.925. The predicted octanol–water partition coefficient (Wildman–Crippen LogP) is 3.35. The molecule has 6 heteroatoms. The molecule has 1 N–H and O–H groups in total. The molecule has 122 valence electrons. The molecule has 0 unspecified atom stereocenters. The van der Waals surface area contributed by atoms with E-state index in [0.29, 0.717) is 19.6 Å². The number of carbonyl (C=O) groups is 1. The number of hydrogen-bond acceptors (Lipinski definition) is 2. The number of benzene rings is 1. The number of rotatable bonds is 4. The summed E-state index contributed by atoms with van der Waals surface area (Å²) in [7, 11) is 0. The van der Waals surface area contributed by atoms with Gasteiger partial charge >= 0.3 is 6.18 Å². The van der Waals surface area contributed by atoms with Crippen molar-refractivity contribution in [3.05, 3.63) is 35.4 Å². The van der Waals surface area contributed by atoms with E-state index < -0.39 is 23.7 Å². The molecule has 1 aliphatic heterocycles. The largest absolute Gasteiger partial charge is 0.416 e. The average molecular weight is 315 g/mol. The summed E-state index contributed by atoms with van der Waals surface area (Å²) in [5, 5.41) is 2.81. The van der Waals surface area contributed by atoms with Gasteiger partial charge in [-0.25, -0.2) is 0 Å². The first kappa shape index (κ1) is 16.8. The summed E-state index contributed by atoms with van der Waals surface area (Å²) in [6.07, 6.45) is -3.74. The van der Waals surface area contributed by atoms with Gasteiger partial charge in [-0.15, -0.1) is 0 Å². The van der Waals surface area contributed by atoms with Crippen LogP contribution in [0.25, 0.3) is 0 Å². The van der Waals surface area contributed by atoms with Crippen LogP contribution >= 0.6 is 0 Å². The van der Waals surface area contributed by atoms with E-state index >= 15 is 0 Å². The molecule has 1 aliphatic rings. The van der Waals surface area contributed by atoms with Crippen LogP contribution in [-0.4, -0.2) is 25.2 Å². The van der Waals surface area contributed by atoms with Crippen molar-refractivity contribution in [3.63, 3.8) is 0 Å². The van der Waals surface area contributed by atoms with Gasteiger partial charge in [0.1, 0.15) is 0 Å². The Morgan fingerprint density at radius 2 is 2.00 bits per heavy atom. The molecule has 0 bridgehead atoms. The molecule has 1 heterocycles. The smallest absolute Gasteiger partial charge is 0.381 e. The van der Waals surface area contributed by atoms with Crippen LogP contribution in [0, 0.1) is 5.92 Å². The van der Waals surface area contributed by atoms with Crippen LogP contribution in [-0.2, 0) is 15.7 Å². The van der Waals surface area contributed by atoms with Gasteiger partial charge in [0.2, 0.25) is 5.91 Å². The van der Waals surface area contributed by atoms with Gasteiger partial charge in [0.25, 0.3) is 0 Å². The zero-order chi connectivity index (χ0) is 16.3. The molecule has 0 spiro atoms. The summed E-state index contributed by atoms with van der Waals surface area (Å²) in [5.41, 5.74) is -0.446. The molecule has 2 rings (SSSR count). The molecule has 22 heavy (non-hydrogen) atoms. The topological polar surface area (TPSA) is 38.3 Å².